The number of para-hydroxylation sites is 1. The number of aromatic amines is 1. The van der Waals surface area contributed by atoms with E-state index in [9.17, 15) is 5.11 Å². The number of fused-ring (bicyclic) bond motifs is 3. The molecule has 2 aromatic heterocycles. The van der Waals surface area contributed by atoms with E-state index in [0.29, 0.717) is 12.4 Å². The zero-order valence-corrected chi connectivity index (χ0v) is 21.5. The Kier molecular flexibility index (Phi) is 7.12. The van der Waals surface area contributed by atoms with Crippen molar-refractivity contribution in [1.82, 2.24) is 15.3 Å². The van der Waals surface area contributed by atoms with Gasteiger partial charge in [0.05, 0.1) is 5.52 Å². The van der Waals surface area contributed by atoms with Crippen LogP contribution in [-0.2, 0) is 6.42 Å². The highest BCUT2D eigenvalue weighted by atomic mass is 16.5. The summed E-state index contributed by atoms with van der Waals surface area (Å²) in [4.78, 5) is 7.71. The average molecular weight is 496 g/mol. The summed E-state index contributed by atoms with van der Waals surface area (Å²) in [6.45, 7) is 6.90. The van der Waals surface area contributed by atoms with Gasteiger partial charge in [0.25, 0.3) is 0 Å². The number of nitrogens with zero attached hydrogens (tertiary/aromatic N) is 1. The van der Waals surface area contributed by atoms with Gasteiger partial charge in [0.1, 0.15) is 24.2 Å². The molecule has 190 valence electrons. The van der Waals surface area contributed by atoms with Crippen LogP contribution in [0.4, 0.5) is 0 Å². The van der Waals surface area contributed by atoms with E-state index in [-0.39, 0.29) is 12.1 Å². The molecule has 3 aromatic carbocycles. The first-order chi connectivity index (χ1) is 17.9. The SMILES string of the molecule is Cc1ccc(Oc2ccc(CC(C)(C)NC[C@H](O)COc3cccc4[nH]c5ccccc5c34)cc2)nc1. The number of benzene rings is 3. The maximum atomic E-state index is 10.7. The number of aryl methyl sites for hydroxylation is 1. The van der Waals surface area contributed by atoms with Crippen LogP contribution in [0.1, 0.15) is 25.0 Å². The second-order valence-corrected chi connectivity index (χ2v) is 10.2. The summed E-state index contributed by atoms with van der Waals surface area (Å²) in [5.74, 6) is 2.11. The van der Waals surface area contributed by atoms with Crippen molar-refractivity contribution in [3.63, 3.8) is 0 Å². The van der Waals surface area contributed by atoms with Crippen LogP contribution in [-0.4, -0.2) is 39.9 Å². The molecule has 2 heterocycles. The summed E-state index contributed by atoms with van der Waals surface area (Å²) in [5, 5.41) is 16.3. The first-order valence-corrected chi connectivity index (χ1v) is 12.6. The third-order valence-electron chi connectivity index (χ3n) is 6.42. The van der Waals surface area contributed by atoms with Gasteiger partial charge in [0.15, 0.2) is 0 Å². The van der Waals surface area contributed by atoms with Crippen LogP contribution in [0.3, 0.4) is 0 Å². The standard InChI is InChI=1S/C31H33N3O3/c1-21-11-16-29(32-18-21)37-24-14-12-22(13-15-24)17-31(2,3)33-19-23(35)20-36-28-10-6-9-27-30(28)25-7-4-5-8-26(25)34-27/h4-16,18,23,33-35H,17,19-20H2,1-3H3/t23-/m0/s1. The van der Waals surface area contributed by atoms with Gasteiger partial charge in [-0.2, -0.15) is 0 Å². The van der Waals surface area contributed by atoms with E-state index in [2.05, 4.69) is 53.4 Å². The molecule has 0 unspecified atom stereocenters. The van der Waals surface area contributed by atoms with Gasteiger partial charge in [-0.1, -0.05) is 42.5 Å². The quantitative estimate of drug-likeness (QED) is 0.216. The molecular weight excluding hydrogens is 462 g/mol. The average Bonchev–Trinajstić information content (AvgIpc) is 3.28. The van der Waals surface area contributed by atoms with Gasteiger partial charge < -0.3 is 24.9 Å². The Bertz CT molecular complexity index is 1470. The van der Waals surface area contributed by atoms with E-state index in [0.717, 1.165) is 45.3 Å². The summed E-state index contributed by atoms with van der Waals surface area (Å²) < 4.78 is 11.9. The van der Waals surface area contributed by atoms with E-state index in [4.69, 9.17) is 9.47 Å². The normalized spacial score (nSPS) is 12.6. The van der Waals surface area contributed by atoms with E-state index in [1.807, 2.05) is 61.5 Å². The maximum Gasteiger partial charge on any atom is 0.219 e. The molecule has 1 atom stereocenters. The molecule has 5 aromatic rings. The summed E-state index contributed by atoms with van der Waals surface area (Å²) in [6, 6.07) is 26.0. The Morgan fingerprint density at radius 3 is 2.51 bits per heavy atom. The summed E-state index contributed by atoms with van der Waals surface area (Å²) in [6.07, 6.45) is 1.95. The van der Waals surface area contributed by atoms with Gasteiger partial charge in [0.2, 0.25) is 5.88 Å². The number of hydrogen-bond donors (Lipinski definition) is 3. The number of aliphatic hydroxyl groups excluding tert-OH is 1. The summed E-state index contributed by atoms with van der Waals surface area (Å²) in [7, 11) is 0. The molecule has 6 nitrogen and oxygen atoms in total. The molecule has 0 aliphatic heterocycles. The van der Waals surface area contributed by atoms with Crippen LogP contribution >= 0.6 is 0 Å². The minimum absolute atomic E-state index is 0.209. The first kappa shape index (κ1) is 24.8. The van der Waals surface area contributed by atoms with Crippen molar-refractivity contribution < 1.29 is 14.6 Å². The fraction of sp³-hybridized carbons (Fsp3) is 0.258. The molecule has 0 aliphatic rings. The highest BCUT2D eigenvalue weighted by Gasteiger charge is 2.20. The molecule has 0 saturated carbocycles. The Labute approximate surface area is 217 Å². The maximum absolute atomic E-state index is 10.7. The lowest BCUT2D eigenvalue weighted by atomic mass is 9.94. The van der Waals surface area contributed by atoms with Crippen molar-refractivity contribution in [1.29, 1.82) is 0 Å². The van der Waals surface area contributed by atoms with Gasteiger partial charge in [-0.25, -0.2) is 4.98 Å². The summed E-state index contributed by atoms with van der Waals surface area (Å²) in [5.41, 5.74) is 4.17. The van der Waals surface area contributed by atoms with E-state index in [1.54, 1.807) is 6.20 Å². The fourth-order valence-electron chi connectivity index (χ4n) is 4.51. The molecule has 0 bridgehead atoms. The fourth-order valence-corrected chi connectivity index (χ4v) is 4.51. The van der Waals surface area contributed by atoms with Gasteiger partial charge in [-0.3, -0.25) is 0 Å². The lowest BCUT2D eigenvalue weighted by Gasteiger charge is -2.28. The zero-order valence-electron chi connectivity index (χ0n) is 21.5. The Morgan fingerprint density at radius 2 is 1.73 bits per heavy atom. The van der Waals surface area contributed by atoms with E-state index < -0.39 is 6.10 Å². The number of H-pyrrole nitrogens is 1. The third kappa shape index (κ3) is 6.10. The number of aromatic nitrogens is 2. The van der Waals surface area contributed by atoms with E-state index >= 15 is 0 Å². The zero-order chi connectivity index (χ0) is 25.8. The predicted octanol–water partition coefficient (Wildman–Crippen LogP) is 6.17. The Hall–Kier alpha value is -3.87. The monoisotopic (exact) mass is 495 g/mol. The molecule has 0 amide bonds. The predicted molar refractivity (Wildman–Crippen MR) is 149 cm³/mol. The molecule has 0 radical (unpaired) electrons. The largest absolute Gasteiger partial charge is 0.490 e. The molecule has 0 spiro atoms. The number of aliphatic hydroxyl groups is 1. The van der Waals surface area contributed by atoms with E-state index in [1.165, 1.54) is 5.56 Å². The molecular formula is C31H33N3O3. The number of nitrogens with one attached hydrogen (secondary N) is 2. The molecule has 3 N–H and O–H groups in total. The Balaban J connectivity index is 1.14. The van der Waals surface area contributed by atoms with Gasteiger partial charge >= 0.3 is 0 Å². The molecule has 5 rings (SSSR count). The lowest BCUT2D eigenvalue weighted by molar-refractivity contribution is 0.0996. The smallest absolute Gasteiger partial charge is 0.219 e. The lowest BCUT2D eigenvalue weighted by Crippen LogP contribution is -2.46. The molecule has 0 fully saturated rings. The van der Waals surface area contributed by atoms with Crippen LogP contribution < -0.4 is 14.8 Å². The van der Waals surface area contributed by atoms with Crippen molar-refractivity contribution in [2.24, 2.45) is 0 Å². The number of ether oxygens (including phenoxy) is 2. The van der Waals surface area contributed by atoms with Crippen LogP contribution in [0.15, 0.2) is 85.1 Å². The third-order valence-corrected chi connectivity index (χ3v) is 6.42. The van der Waals surface area contributed by atoms with Crippen LogP contribution in [0.2, 0.25) is 0 Å². The second-order valence-electron chi connectivity index (χ2n) is 10.2. The minimum atomic E-state index is -0.641. The topological polar surface area (TPSA) is 79.4 Å². The van der Waals surface area contributed by atoms with Crippen LogP contribution in [0, 0.1) is 6.92 Å². The molecule has 37 heavy (non-hydrogen) atoms. The van der Waals surface area contributed by atoms with Crippen molar-refractivity contribution >= 4 is 21.8 Å². The van der Waals surface area contributed by atoms with Gasteiger partial charge in [-0.15, -0.1) is 0 Å². The minimum Gasteiger partial charge on any atom is -0.490 e. The van der Waals surface area contributed by atoms with Gasteiger partial charge in [0, 0.05) is 40.6 Å². The van der Waals surface area contributed by atoms with Crippen LogP contribution in [0.5, 0.6) is 17.4 Å². The highest BCUT2D eigenvalue weighted by Crippen LogP contribution is 2.33. The first-order valence-electron chi connectivity index (χ1n) is 12.6. The van der Waals surface area contributed by atoms with Crippen molar-refractivity contribution in [3.8, 4) is 17.4 Å². The van der Waals surface area contributed by atoms with Crippen molar-refractivity contribution in [3.05, 3.63) is 96.2 Å². The number of β-amino-alcohol motifs (C(OH)–C–C–N with tert-alkyl or cyclic N) is 1. The highest BCUT2D eigenvalue weighted by molar-refractivity contribution is 6.10. The Morgan fingerprint density at radius 1 is 0.946 bits per heavy atom. The number of pyridine rings is 1. The van der Waals surface area contributed by atoms with Crippen molar-refractivity contribution in [2.75, 3.05) is 13.2 Å². The van der Waals surface area contributed by atoms with Crippen molar-refractivity contribution in [2.45, 2.75) is 38.8 Å². The number of rotatable bonds is 10. The van der Waals surface area contributed by atoms with Crippen LogP contribution in [0.25, 0.3) is 21.8 Å². The molecule has 0 saturated heterocycles. The van der Waals surface area contributed by atoms with Gasteiger partial charge in [-0.05, 0) is 68.7 Å². The molecule has 0 aliphatic carbocycles. The second kappa shape index (κ2) is 10.6. The number of hydrogen-bond acceptors (Lipinski definition) is 5. The molecule has 6 heteroatoms. The summed E-state index contributed by atoms with van der Waals surface area (Å²) >= 11 is 0.